The highest BCUT2D eigenvalue weighted by Gasteiger charge is 2.22. The van der Waals surface area contributed by atoms with Gasteiger partial charge in [-0.3, -0.25) is 4.90 Å². The van der Waals surface area contributed by atoms with Crippen molar-refractivity contribution in [3.63, 3.8) is 0 Å². The first-order chi connectivity index (χ1) is 10.7. The van der Waals surface area contributed by atoms with Crippen LogP contribution >= 0.6 is 0 Å². The van der Waals surface area contributed by atoms with E-state index in [0.29, 0.717) is 12.2 Å². The van der Waals surface area contributed by atoms with E-state index in [1.54, 1.807) is 18.3 Å². The molecule has 0 atom stereocenters. The lowest BCUT2D eigenvalue weighted by Gasteiger charge is -2.36. The third kappa shape index (κ3) is 4.07. The lowest BCUT2D eigenvalue weighted by Crippen LogP contribution is -2.47. The minimum Gasteiger partial charge on any atom is -0.462 e. The van der Waals surface area contributed by atoms with Crippen LogP contribution in [0.1, 0.15) is 31.1 Å². The molecule has 1 aromatic heterocycles. The molecular weight excluding hydrogens is 278 g/mol. The van der Waals surface area contributed by atoms with Crippen molar-refractivity contribution in [3.05, 3.63) is 35.5 Å². The Kier molecular flexibility index (Phi) is 5.95. The summed E-state index contributed by atoms with van der Waals surface area (Å²) in [6.45, 7) is 11.1. The van der Waals surface area contributed by atoms with Crippen molar-refractivity contribution in [3.8, 4) is 0 Å². The summed E-state index contributed by atoms with van der Waals surface area (Å²) in [5, 5.41) is 0. The summed E-state index contributed by atoms with van der Waals surface area (Å²) in [7, 11) is 0. The topological polar surface area (TPSA) is 45.7 Å². The number of nitrogens with zero attached hydrogens (tertiary/aromatic N) is 3. The van der Waals surface area contributed by atoms with Gasteiger partial charge in [-0.25, -0.2) is 9.78 Å². The molecule has 0 saturated carbocycles. The maximum Gasteiger partial charge on any atom is 0.341 e. The molecule has 1 aliphatic heterocycles. The van der Waals surface area contributed by atoms with Crippen LogP contribution in [0.4, 0.5) is 5.82 Å². The maximum absolute atomic E-state index is 12.1. The molecule has 5 heteroatoms. The number of esters is 1. The predicted molar refractivity (Wildman–Crippen MR) is 88.3 cm³/mol. The lowest BCUT2D eigenvalue weighted by molar-refractivity contribution is 0.0526. The molecule has 0 aromatic carbocycles. The van der Waals surface area contributed by atoms with E-state index in [0.717, 1.165) is 38.5 Å². The Labute approximate surface area is 132 Å². The smallest absolute Gasteiger partial charge is 0.341 e. The fourth-order valence-corrected chi connectivity index (χ4v) is 2.58. The number of piperazine rings is 1. The van der Waals surface area contributed by atoms with Gasteiger partial charge < -0.3 is 9.64 Å². The Hall–Kier alpha value is -1.88. The van der Waals surface area contributed by atoms with E-state index in [9.17, 15) is 4.79 Å². The molecule has 5 nitrogen and oxygen atoms in total. The normalized spacial score (nSPS) is 16.7. The number of hydrogen-bond donors (Lipinski definition) is 0. The van der Waals surface area contributed by atoms with Gasteiger partial charge in [-0.15, -0.1) is 0 Å². The maximum atomic E-state index is 12.1. The Morgan fingerprint density at radius 2 is 2.09 bits per heavy atom. The first-order valence-corrected chi connectivity index (χ1v) is 7.87. The van der Waals surface area contributed by atoms with E-state index in [1.165, 1.54) is 5.57 Å². The molecule has 0 radical (unpaired) electrons. The van der Waals surface area contributed by atoms with E-state index in [1.807, 2.05) is 6.92 Å². The van der Waals surface area contributed by atoms with Crippen LogP contribution in [-0.4, -0.2) is 55.2 Å². The van der Waals surface area contributed by atoms with Gasteiger partial charge in [-0.2, -0.15) is 0 Å². The van der Waals surface area contributed by atoms with Crippen molar-refractivity contribution in [1.29, 1.82) is 0 Å². The molecule has 2 rings (SSSR count). The molecule has 0 aliphatic carbocycles. The first kappa shape index (κ1) is 16.5. The van der Waals surface area contributed by atoms with Gasteiger partial charge in [0.15, 0.2) is 0 Å². The number of ether oxygens (including phenoxy) is 1. The van der Waals surface area contributed by atoms with Crippen LogP contribution in [0.15, 0.2) is 30.0 Å². The fourth-order valence-electron chi connectivity index (χ4n) is 2.58. The number of aromatic nitrogens is 1. The third-order valence-corrected chi connectivity index (χ3v) is 3.92. The first-order valence-electron chi connectivity index (χ1n) is 7.87. The highest BCUT2D eigenvalue weighted by atomic mass is 16.5. The minimum atomic E-state index is -0.294. The van der Waals surface area contributed by atoms with E-state index in [2.05, 4.69) is 34.7 Å². The van der Waals surface area contributed by atoms with E-state index >= 15 is 0 Å². The van der Waals surface area contributed by atoms with Gasteiger partial charge in [0, 0.05) is 38.9 Å². The van der Waals surface area contributed by atoms with E-state index < -0.39 is 0 Å². The molecule has 0 bridgehead atoms. The van der Waals surface area contributed by atoms with Gasteiger partial charge in [0.25, 0.3) is 0 Å². The molecular formula is C17H25N3O2. The Morgan fingerprint density at radius 3 is 2.73 bits per heavy atom. The van der Waals surface area contributed by atoms with Crippen molar-refractivity contribution in [2.24, 2.45) is 0 Å². The molecule has 0 amide bonds. The fraction of sp³-hybridized carbons (Fsp3) is 0.529. The molecule has 0 N–H and O–H groups in total. The van der Waals surface area contributed by atoms with Crippen molar-refractivity contribution in [2.45, 2.75) is 20.8 Å². The van der Waals surface area contributed by atoms with Crippen LogP contribution in [0.25, 0.3) is 0 Å². The second kappa shape index (κ2) is 7.94. The second-order valence-electron chi connectivity index (χ2n) is 5.49. The minimum absolute atomic E-state index is 0.294. The quantitative estimate of drug-likeness (QED) is 0.617. The lowest BCUT2D eigenvalue weighted by atomic mass is 10.2. The summed E-state index contributed by atoms with van der Waals surface area (Å²) >= 11 is 0. The van der Waals surface area contributed by atoms with Crippen molar-refractivity contribution < 1.29 is 9.53 Å². The molecule has 2 heterocycles. The van der Waals surface area contributed by atoms with E-state index in [4.69, 9.17) is 4.74 Å². The second-order valence-corrected chi connectivity index (χ2v) is 5.49. The molecule has 1 fully saturated rings. The molecule has 120 valence electrons. The number of anilines is 1. The van der Waals surface area contributed by atoms with E-state index in [-0.39, 0.29) is 5.97 Å². The van der Waals surface area contributed by atoms with Gasteiger partial charge in [-0.1, -0.05) is 11.6 Å². The average Bonchev–Trinajstić information content (AvgIpc) is 2.55. The Bertz CT molecular complexity index is 534. The number of hydrogen-bond acceptors (Lipinski definition) is 5. The van der Waals surface area contributed by atoms with Gasteiger partial charge in [0.2, 0.25) is 0 Å². The summed E-state index contributed by atoms with van der Waals surface area (Å²) in [6.07, 6.45) is 3.89. The predicted octanol–water partition coefficient (Wildman–Crippen LogP) is 2.35. The number of carbonyl (C=O) groups excluding carboxylic acids is 1. The SMILES string of the molecule is CC=C(C)CN1CCN(c2ncccc2C(=O)OCC)CC1. The van der Waals surface area contributed by atoms with Crippen molar-refractivity contribution >= 4 is 11.8 Å². The monoisotopic (exact) mass is 303 g/mol. The largest absolute Gasteiger partial charge is 0.462 e. The molecule has 1 saturated heterocycles. The van der Waals surface area contributed by atoms with Gasteiger partial charge in [0.05, 0.1) is 6.61 Å². The number of allylic oxidation sites excluding steroid dienone is 1. The Balaban J connectivity index is 2.04. The van der Waals surface area contributed by atoms with Crippen molar-refractivity contribution in [1.82, 2.24) is 9.88 Å². The zero-order valence-corrected chi connectivity index (χ0v) is 13.7. The van der Waals surface area contributed by atoms with Gasteiger partial charge in [-0.05, 0) is 32.9 Å². The van der Waals surface area contributed by atoms with Gasteiger partial charge in [0.1, 0.15) is 11.4 Å². The average molecular weight is 303 g/mol. The molecule has 0 spiro atoms. The summed E-state index contributed by atoms with van der Waals surface area (Å²) in [5.41, 5.74) is 1.95. The van der Waals surface area contributed by atoms with Crippen molar-refractivity contribution in [2.75, 3.05) is 44.2 Å². The number of rotatable bonds is 5. The zero-order chi connectivity index (χ0) is 15.9. The van der Waals surface area contributed by atoms with Crippen LogP contribution in [0.5, 0.6) is 0 Å². The summed E-state index contributed by atoms with van der Waals surface area (Å²) < 4.78 is 5.12. The standard InChI is InChI=1S/C17H25N3O2/c1-4-14(3)13-19-9-11-20(12-10-19)16-15(7-6-8-18-16)17(21)22-5-2/h4,6-8H,5,9-13H2,1-3H3. The summed E-state index contributed by atoms with van der Waals surface area (Å²) in [6, 6.07) is 3.57. The number of pyridine rings is 1. The third-order valence-electron chi connectivity index (χ3n) is 3.92. The van der Waals surface area contributed by atoms with Crippen LogP contribution in [0.2, 0.25) is 0 Å². The summed E-state index contributed by atoms with van der Waals surface area (Å²) in [5.74, 6) is 0.446. The zero-order valence-electron chi connectivity index (χ0n) is 13.7. The Morgan fingerprint density at radius 1 is 1.36 bits per heavy atom. The van der Waals surface area contributed by atoms with Crippen LogP contribution < -0.4 is 4.90 Å². The molecule has 1 aromatic rings. The molecule has 22 heavy (non-hydrogen) atoms. The van der Waals surface area contributed by atoms with Crippen LogP contribution in [-0.2, 0) is 4.74 Å². The number of carbonyl (C=O) groups is 1. The molecule has 1 aliphatic rings. The highest BCUT2D eigenvalue weighted by Crippen LogP contribution is 2.20. The van der Waals surface area contributed by atoms with Crippen LogP contribution in [0.3, 0.4) is 0 Å². The summed E-state index contributed by atoms with van der Waals surface area (Å²) in [4.78, 5) is 21.1. The van der Waals surface area contributed by atoms with Crippen LogP contribution in [0, 0.1) is 0 Å². The molecule has 0 unspecified atom stereocenters. The van der Waals surface area contributed by atoms with Gasteiger partial charge >= 0.3 is 5.97 Å². The highest BCUT2D eigenvalue weighted by molar-refractivity contribution is 5.94.